The number of para-hydroxylation sites is 1. The van der Waals surface area contributed by atoms with Gasteiger partial charge in [-0.1, -0.05) is 48.5 Å². The SMILES string of the molecule is CN(C(=O)OCc1ccccc1)c1cnn2c(N[C@@H]3CCc4[nH]c5ccccc5c4C3)nc(-c3cncc(F)c3)nc12. The predicted octanol–water partition coefficient (Wildman–Crippen LogP) is 5.55. The fourth-order valence-corrected chi connectivity index (χ4v) is 5.45. The molecule has 1 amide bonds. The average molecular weight is 563 g/mol. The largest absolute Gasteiger partial charge is 0.444 e. The Kier molecular flexibility index (Phi) is 6.46. The van der Waals surface area contributed by atoms with Gasteiger partial charge in [0.05, 0.1) is 12.4 Å². The Morgan fingerprint density at radius 3 is 2.81 bits per heavy atom. The number of nitrogens with zero attached hydrogens (tertiary/aromatic N) is 6. The van der Waals surface area contributed by atoms with E-state index < -0.39 is 11.9 Å². The molecule has 11 heteroatoms. The molecule has 1 aliphatic rings. The lowest BCUT2D eigenvalue weighted by Crippen LogP contribution is -2.29. The molecule has 0 saturated carbocycles. The lowest BCUT2D eigenvalue weighted by atomic mass is 9.91. The second-order valence-electron chi connectivity index (χ2n) is 10.3. The van der Waals surface area contributed by atoms with Crippen molar-refractivity contribution in [2.75, 3.05) is 17.3 Å². The third kappa shape index (κ3) is 4.78. The predicted molar refractivity (Wildman–Crippen MR) is 157 cm³/mol. The van der Waals surface area contributed by atoms with Crippen molar-refractivity contribution in [3.05, 3.63) is 102 Å². The molecule has 1 atom stereocenters. The van der Waals surface area contributed by atoms with Gasteiger partial charge in [0.1, 0.15) is 18.1 Å². The van der Waals surface area contributed by atoms with E-state index in [-0.39, 0.29) is 18.5 Å². The summed E-state index contributed by atoms with van der Waals surface area (Å²) in [7, 11) is 1.60. The first-order valence-corrected chi connectivity index (χ1v) is 13.7. The summed E-state index contributed by atoms with van der Waals surface area (Å²) >= 11 is 0. The van der Waals surface area contributed by atoms with E-state index in [1.807, 2.05) is 42.5 Å². The number of aromatic amines is 1. The summed E-state index contributed by atoms with van der Waals surface area (Å²) < 4.78 is 21.2. The topological polar surface area (TPSA) is 113 Å². The van der Waals surface area contributed by atoms with E-state index in [1.54, 1.807) is 17.8 Å². The average Bonchev–Trinajstić information content (AvgIpc) is 3.62. The summed E-state index contributed by atoms with van der Waals surface area (Å²) in [5.74, 6) is 0.193. The molecule has 2 aromatic carbocycles. The monoisotopic (exact) mass is 562 g/mol. The second-order valence-corrected chi connectivity index (χ2v) is 10.3. The first-order chi connectivity index (χ1) is 20.5. The first kappa shape index (κ1) is 25.6. The smallest absolute Gasteiger partial charge is 0.414 e. The maximum Gasteiger partial charge on any atom is 0.414 e. The quantitative estimate of drug-likeness (QED) is 0.274. The van der Waals surface area contributed by atoms with Gasteiger partial charge in [-0.05, 0) is 42.5 Å². The number of anilines is 2. The van der Waals surface area contributed by atoms with Crippen LogP contribution in [0.2, 0.25) is 0 Å². The van der Waals surface area contributed by atoms with Crippen LogP contribution in [0.15, 0.2) is 79.3 Å². The van der Waals surface area contributed by atoms with Crippen molar-refractivity contribution in [2.24, 2.45) is 0 Å². The van der Waals surface area contributed by atoms with Crippen LogP contribution in [-0.2, 0) is 24.2 Å². The van der Waals surface area contributed by atoms with E-state index in [4.69, 9.17) is 9.72 Å². The molecule has 1 aliphatic carbocycles. The highest BCUT2D eigenvalue weighted by molar-refractivity contribution is 5.92. The van der Waals surface area contributed by atoms with Gasteiger partial charge in [0, 0.05) is 41.4 Å². The van der Waals surface area contributed by atoms with Gasteiger partial charge in [-0.15, -0.1) is 0 Å². The maximum absolute atomic E-state index is 14.1. The molecule has 0 aliphatic heterocycles. The van der Waals surface area contributed by atoms with Gasteiger partial charge in [0.25, 0.3) is 0 Å². The number of hydrogen-bond donors (Lipinski definition) is 2. The van der Waals surface area contributed by atoms with E-state index in [0.29, 0.717) is 22.8 Å². The summed E-state index contributed by atoms with van der Waals surface area (Å²) in [4.78, 5) is 31.3. The van der Waals surface area contributed by atoms with Crippen molar-refractivity contribution in [2.45, 2.75) is 31.9 Å². The molecule has 210 valence electrons. The third-order valence-corrected chi connectivity index (χ3v) is 7.58. The van der Waals surface area contributed by atoms with Crippen LogP contribution in [0, 0.1) is 5.82 Å². The van der Waals surface area contributed by atoms with Gasteiger partial charge in [-0.25, -0.2) is 14.2 Å². The number of amides is 1. The summed E-state index contributed by atoms with van der Waals surface area (Å²) in [6.45, 7) is 0.128. The number of aryl methyl sites for hydroxylation is 1. The molecule has 42 heavy (non-hydrogen) atoms. The van der Waals surface area contributed by atoms with Crippen molar-refractivity contribution in [3.63, 3.8) is 0 Å². The number of H-pyrrole nitrogens is 1. The molecule has 0 saturated heterocycles. The lowest BCUT2D eigenvalue weighted by molar-refractivity contribution is 0.148. The molecule has 2 N–H and O–H groups in total. The number of hydrogen-bond acceptors (Lipinski definition) is 7. The molecule has 10 nitrogen and oxygen atoms in total. The van der Waals surface area contributed by atoms with Crippen LogP contribution in [0.25, 0.3) is 27.9 Å². The van der Waals surface area contributed by atoms with Crippen molar-refractivity contribution < 1.29 is 13.9 Å². The number of halogens is 1. The van der Waals surface area contributed by atoms with Gasteiger partial charge in [0.2, 0.25) is 5.95 Å². The van der Waals surface area contributed by atoms with Crippen LogP contribution >= 0.6 is 0 Å². The minimum absolute atomic E-state index is 0.0644. The van der Waals surface area contributed by atoms with Crippen molar-refractivity contribution in [1.82, 2.24) is 29.5 Å². The van der Waals surface area contributed by atoms with Crippen LogP contribution in [0.5, 0.6) is 0 Å². The number of ether oxygens (including phenoxy) is 1. The highest BCUT2D eigenvalue weighted by Crippen LogP contribution is 2.31. The number of nitrogens with one attached hydrogen (secondary N) is 2. The summed E-state index contributed by atoms with van der Waals surface area (Å²) in [5.41, 5.74) is 5.75. The third-order valence-electron chi connectivity index (χ3n) is 7.58. The molecular weight excluding hydrogens is 535 g/mol. The first-order valence-electron chi connectivity index (χ1n) is 13.7. The van der Waals surface area contributed by atoms with E-state index in [0.717, 1.165) is 36.5 Å². The maximum atomic E-state index is 14.1. The van der Waals surface area contributed by atoms with E-state index in [9.17, 15) is 9.18 Å². The molecule has 4 heterocycles. The highest BCUT2D eigenvalue weighted by Gasteiger charge is 2.26. The number of pyridine rings is 1. The van der Waals surface area contributed by atoms with E-state index >= 15 is 0 Å². The Morgan fingerprint density at radius 1 is 1.12 bits per heavy atom. The number of fused-ring (bicyclic) bond motifs is 4. The molecule has 0 unspecified atom stereocenters. The second kappa shape index (κ2) is 10.6. The van der Waals surface area contributed by atoms with Crippen molar-refractivity contribution >= 4 is 34.3 Å². The summed E-state index contributed by atoms with van der Waals surface area (Å²) in [5, 5.41) is 9.30. The Labute approximate surface area is 240 Å². The van der Waals surface area contributed by atoms with Crippen LogP contribution in [0.4, 0.5) is 20.8 Å². The number of aromatic nitrogens is 6. The minimum Gasteiger partial charge on any atom is -0.444 e. The standard InChI is InChI=1S/C31H27FN8O2/c1-39(31(41)42-18-19-7-3-2-4-8-19)27-17-34-40-29(27)37-28(20-13-21(32)16-33-15-20)38-30(40)35-22-11-12-26-24(14-22)23-9-5-6-10-25(23)36-26/h2-10,13,15-17,22,36H,11-12,14,18H2,1H3,(H,35,37,38)/t22-/m1/s1. The Bertz CT molecular complexity index is 1920. The molecule has 6 aromatic rings. The normalized spacial score (nSPS) is 14.6. The number of carbonyl (C=O) groups is 1. The zero-order valence-electron chi connectivity index (χ0n) is 22.8. The minimum atomic E-state index is -0.560. The molecule has 0 bridgehead atoms. The number of benzene rings is 2. The zero-order valence-corrected chi connectivity index (χ0v) is 22.8. The van der Waals surface area contributed by atoms with Crippen LogP contribution in [-0.4, -0.2) is 48.7 Å². The Balaban J connectivity index is 1.23. The fourth-order valence-electron chi connectivity index (χ4n) is 5.45. The lowest BCUT2D eigenvalue weighted by Gasteiger charge is -2.24. The van der Waals surface area contributed by atoms with Crippen LogP contribution < -0.4 is 10.2 Å². The zero-order chi connectivity index (χ0) is 28.6. The van der Waals surface area contributed by atoms with Crippen molar-refractivity contribution in [1.29, 1.82) is 0 Å². The van der Waals surface area contributed by atoms with Gasteiger partial charge < -0.3 is 15.0 Å². The molecule has 4 aromatic heterocycles. The van der Waals surface area contributed by atoms with Gasteiger partial charge >= 0.3 is 6.09 Å². The van der Waals surface area contributed by atoms with Gasteiger partial charge in [-0.3, -0.25) is 9.88 Å². The summed E-state index contributed by atoms with van der Waals surface area (Å²) in [6, 6.07) is 19.2. The van der Waals surface area contributed by atoms with Gasteiger partial charge in [0.15, 0.2) is 11.5 Å². The number of rotatable bonds is 6. The van der Waals surface area contributed by atoms with Crippen LogP contribution in [0.1, 0.15) is 23.2 Å². The Hall–Kier alpha value is -5.32. The summed E-state index contributed by atoms with van der Waals surface area (Å²) in [6.07, 6.45) is 6.18. The highest BCUT2D eigenvalue weighted by atomic mass is 19.1. The molecule has 0 radical (unpaired) electrons. The molecular formula is C31H27FN8O2. The molecule has 0 fully saturated rings. The van der Waals surface area contributed by atoms with Crippen LogP contribution in [0.3, 0.4) is 0 Å². The van der Waals surface area contributed by atoms with E-state index in [2.05, 4.69) is 37.5 Å². The van der Waals surface area contributed by atoms with Crippen molar-refractivity contribution in [3.8, 4) is 11.4 Å². The number of carbonyl (C=O) groups excluding carboxylic acids is 1. The molecule has 0 spiro atoms. The Morgan fingerprint density at radius 2 is 1.95 bits per heavy atom. The fraction of sp³-hybridized carbons (Fsp3) is 0.194. The molecule has 7 rings (SSSR count). The van der Waals surface area contributed by atoms with Gasteiger partial charge in [-0.2, -0.15) is 14.6 Å². The van der Waals surface area contributed by atoms with E-state index in [1.165, 1.54) is 33.8 Å².